The lowest BCUT2D eigenvalue weighted by molar-refractivity contribution is -0.145. The number of halogens is 1. The smallest absolute Gasteiger partial charge is 0.344 e. The van der Waals surface area contributed by atoms with Crippen LogP contribution in [0.2, 0.25) is 5.02 Å². The highest BCUT2D eigenvalue weighted by atomic mass is 35.5. The van der Waals surface area contributed by atoms with Crippen molar-refractivity contribution in [2.24, 2.45) is 0 Å². The van der Waals surface area contributed by atoms with Gasteiger partial charge in [-0.05, 0) is 48.2 Å². The Morgan fingerprint density at radius 2 is 1.63 bits per heavy atom. The molecule has 0 spiro atoms. The molecule has 3 rings (SSSR count). The van der Waals surface area contributed by atoms with E-state index in [0.29, 0.717) is 11.4 Å². The molecule has 0 aliphatic heterocycles. The summed E-state index contributed by atoms with van der Waals surface area (Å²) < 4.78 is 5.74. The number of carboxylic acids is 1. The van der Waals surface area contributed by atoms with E-state index in [-0.39, 0.29) is 23.5 Å². The molecule has 1 N–H and O–H groups in total. The second kappa shape index (κ2) is 10.4. The molecule has 1 atom stereocenters. The Morgan fingerprint density at radius 1 is 0.967 bits per heavy atom. The minimum Gasteiger partial charge on any atom is -0.479 e. The second-order valence-electron chi connectivity index (χ2n) is 6.72. The van der Waals surface area contributed by atoms with E-state index in [2.05, 4.69) is 0 Å². The standard InChI is InChI=1S/C25H21ClO4/c26-20-13-16-23(21(17-20)22(27)14-11-18-7-3-1-4-8-18)30-24(25(28)29)15-12-19-9-5-2-6-10-19/h1-11,13-14,16-17,24H,12,15H2,(H,28,29). The van der Waals surface area contributed by atoms with Crippen molar-refractivity contribution in [2.45, 2.75) is 18.9 Å². The number of allylic oxidation sites excluding steroid dienone is 1. The first-order valence-corrected chi connectivity index (χ1v) is 9.91. The molecule has 0 aliphatic carbocycles. The van der Waals surface area contributed by atoms with Crippen LogP contribution in [-0.2, 0) is 11.2 Å². The molecule has 0 amide bonds. The number of ketones is 1. The summed E-state index contributed by atoms with van der Waals surface area (Å²) >= 11 is 6.07. The van der Waals surface area contributed by atoms with Gasteiger partial charge in [-0.2, -0.15) is 0 Å². The summed E-state index contributed by atoms with van der Waals surface area (Å²) in [5, 5.41) is 9.97. The maximum atomic E-state index is 12.7. The fourth-order valence-corrected chi connectivity index (χ4v) is 3.12. The molecular weight excluding hydrogens is 400 g/mol. The molecule has 0 heterocycles. The number of aliphatic carboxylic acids is 1. The molecule has 152 valence electrons. The van der Waals surface area contributed by atoms with Gasteiger partial charge in [-0.1, -0.05) is 78.3 Å². The highest BCUT2D eigenvalue weighted by Crippen LogP contribution is 2.26. The van der Waals surface area contributed by atoms with Crippen LogP contribution in [0.1, 0.15) is 27.9 Å². The van der Waals surface area contributed by atoms with Gasteiger partial charge in [0.1, 0.15) is 5.75 Å². The first kappa shape index (κ1) is 21.3. The Hall–Kier alpha value is -3.37. The molecule has 30 heavy (non-hydrogen) atoms. The van der Waals surface area contributed by atoms with Crippen molar-refractivity contribution in [3.8, 4) is 5.75 Å². The summed E-state index contributed by atoms with van der Waals surface area (Å²) in [6, 6.07) is 23.6. The molecule has 1 unspecified atom stereocenters. The SMILES string of the molecule is O=C(C=Cc1ccccc1)c1cc(Cl)ccc1OC(CCc1ccccc1)C(=O)O. The van der Waals surface area contributed by atoms with Crippen molar-refractivity contribution < 1.29 is 19.4 Å². The van der Waals surface area contributed by atoms with E-state index in [1.807, 2.05) is 60.7 Å². The summed E-state index contributed by atoms with van der Waals surface area (Å²) in [4.78, 5) is 24.5. The molecular formula is C25H21ClO4. The van der Waals surface area contributed by atoms with Gasteiger partial charge in [-0.15, -0.1) is 0 Å². The van der Waals surface area contributed by atoms with Crippen LogP contribution in [0.3, 0.4) is 0 Å². The highest BCUT2D eigenvalue weighted by molar-refractivity contribution is 6.31. The van der Waals surface area contributed by atoms with Crippen molar-refractivity contribution in [3.63, 3.8) is 0 Å². The maximum Gasteiger partial charge on any atom is 0.344 e. The Kier molecular flexibility index (Phi) is 7.41. The third kappa shape index (κ3) is 6.06. The molecule has 0 bridgehead atoms. The Bertz CT molecular complexity index is 1030. The van der Waals surface area contributed by atoms with Gasteiger partial charge in [-0.25, -0.2) is 4.79 Å². The lowest BCUT2D eigenvalue weighted by Gasteiger charge is -2.17. The van der Waals surface area contributed by atoms with Gasteiger partial charge in [0, 0.05) is 5.02 Å². The average Bonchev–Trinajstić information content (AvgIpc) is 2.77. The fraction of sp³-hybridized carbons (Fsp3) is 0.120. The van der Waals surface area contributed by atoms with E-state index < -0.39 is 12.1 Å². The number of hydrogen-bond acceptors (Lipinski definition) is 3. The monoisotopic (exact) mass is 420 g/mol. The lowest BCUT2D eigenvalue weighted by Crippen LogP contribution is -2.28. The summed E-state index contributed by atoms with van der Waals surface area (Å²) in [6.45, 7) is 0. The van der Waals surface area contributed by atoms with Crippen molar-refractivity contribution in [2.75, 3.05) is 0 Å². The predicted molar refractivity (Wildman–Crippen MR) is 118 cm³/mol. The molecule has 0 aliphatic rings. The summed E-state index contributed by atoms with van der Waals surface area (Å²) in [5.74, 6) is -1.20. The molecule has 0 saturated heterocycles. The van der Waals surface area contributed by atoms with Crippen molar-refractivity contribution in [1.29, 1.82) is 0 Å². The minimum absolute atomic E-state index is 0.197. The van der Waals surface area contributed by atoms with E-state index >= 15 is 0 Å². The zero-order chi connectivity index (χ0) is 21.3. The van der Waals surface area contributed by atoms with Gasteiger partial charge in [0.25, 0.3) is 0 Å². The van der Waals surface area contributed by atoms with Crippen LogP contribution in [0.5, 0.6) is 5.75 Å². The highest BCUT2D eigenvalue weighted by Gasteiger charge is 2.22. The topological polar surface area (TPSA) is 63.6 Å². The number of carbonyl (C=O) groups excluding carboxylic acids is 1. The largest absolute Gasteiger partial charge is 0.479 e. The maximum absolute atomic E-state index is 12.7. The lowest BCUT2D eigenvalue weighted by atomic mass is 10.1. The van der Waals surface area contributed by atoms with Crippen LogP contribution in [0, 0.1) is 0 Å². The van der Waals surface area contributed by atoms with Crippen LogP contribution in [0.15, 0.2) is 84.9 Å². The van der Waals surface area contributed by atoms with Crippen LogP contribution in [-0.4, -0.2) is 23.0 Å². The number of benzene rings is 3. The van der Waals surface area contributed by atoms with Crippen LogP contribution < -0.4 is 4.74 Å². The van der Waals surface area contributed by atoms with Gasteiger partial charge >= 0.3 is 5.97 Å². The van der Waals surface area contributed by atoms with E-state index in [1.165, 1.54) is 18.2 Å². The molecule has 3 aromatic rings. The Balaban J connectivity index is 1.78. The zero-order valence-electron chi connectivity index (χ0n) is 16.2. The summed E-state index contributed by atoms with van der Waals surface area (Å²) in [6.07, 6.45) is 2.85. The summed E-state index contributed by atoms with van der Waals surface area (Å²) in [7, 11) is 0. The van der Waals surface area contributed by atoms with Gasteiger partial charge in [0.2, 0.25) is 0 Å². The predicted octanol–water partition coefficient (Wildman–Crippen LogP) is 5.70. The van der Waals surface area contributed by atoms with Crippen molar-refractivity contribution >= 4 is 29.4 Å². The van der Waals surface area contributed by atoms with E-state index in [4.69, 9.17) is 16.3 Å². The molecule has 4 nitrogen and oxygen atoms in total. The Morgan fingerprint density at radius 3 is 2.30 bits per heavy atom. The van der Waals surface area contributed by atoms with Gasteiger partial charge in [0.15, 0.2) is 11.9 Å². The molecule has 0 aromatic heterocycles. The quantitative estimate of drug-likeness (QED) is 0.356. The third-order valence-electron chi connectivity index (χ3n) is 4.52. The average molecular weight is 421 g/mol. The number of hydrogen-bond donors (Lipinski definition) is 1. The van der Waals surface area contributed by atoms with E-state index in [9.17, 15) is 14.7 Å². The van der Waals surface area contributed by atoms with Gasteiger partial charge in [-0.3, -0.25) is 4.79 Å². The normalized spacial score (nSPS) is 11.9. The molecule has 0 radical (unpaired) electrons. The van der Waals surface area contributed by atoms with Crippen LogP contribution in [0.25, 0.3) is 6.08 Å². The first-order chi connectivity index (χ1) is 14.5. The number of rotatable bonds is 9. The van der Waals surface area contributed by atoms with E-state index in [0.717, 1.165) is 11.1 Å². The minimum atomic E-state index is -1.09. The molecule has 5 heteroatoms. The molecule has 0 fully saturated rings. The molecule has 3 aromatic carbocycles. The summed E-state index contributed by atoms with van der Waals surface area (Å²) in [5.41, 5.74) is 2.12. The second-order valence-corrected chi connectivity index (χ2v) is 7.15. The van der Waals surface area contributed by atoms with Gasteiger partial charge < -0.3 is 9.84 Å². The number of carbonyl (C=O) groups is 2. The molecule has 0 saturated carbocycles. The first-order valence-electron chi connectivity index (χ1n) is 9.53. The number of aryl methyl sites for hydroxylation is 1. The van der Waals surface area contributed by atoms with Gasteiger partial charge in [0.05, 0.1) is 5.56 Å². The van der Waals surface area contributed by atoms with Crippen molar-refractivity contribution in [1.82, 2.24) is 0 Å². The third-order valence-corrected chi connectivity index (χ3v) is 4.75. The van der Waals surface area contributed by atoms with Crippen LogP contribution in [0.4, 0.5) is 0 Å². The fourth-order valence-electron chi connectivity index (χ4n) is 2.95. The Labute approximate surface area is 180 Å². The van der Waals surface area contributed by atoms with E-state index in [1.54, 1.807) is 12.1 Å². The van der Waals surface area contributed by atoms with Crippen LogP contribution >= 0.6 is 11.6 Å². The zero-order valence-corrected chi connectivity index (χ0v) is 17.0. The van der Waals surface area contributed by atoms with Crippen molar-refractivity contribution in [3.05, 3.63) is 107 Å². The number of ether oxygens (including phenoxy) is 1. The number of carboxylic acid groups (broad SMARTS) is 1.